The van der Waals surface area contributed by atoms with Crippen LogP contribution in [0.3, 0.4) is 0 Å². The van der Waals surface area contributed by atoms with Crippen molar-refractivity contribution in [3.8, 4) is 17.2 Å². The summed E-state index contributed by atoms with van der Waals surface area (Å²) >= 11 is 0. The molecule has 114 valence electrons. The fourth-order valence-corrected chi connectivity index (χ4v) is 2.13. The number of methoxy groups -OCH3 is 4. The molecule has 0 bridgehead atoms. The van der Waals surface area contributed by atoms with Crippen molar-refractivity contribution in [3.63, 3.8) is 0 Å². The molecular formula is C14H16O7. The largest absolute Gasteiger partial charge is 0.494 e. The molecule has 0 aromatic heterocycles. The van der Waals surface area contributed by atoms with Crippen LogP contribution >= 0.6 is 0 Å². The second-order valence-electron chi connectivity index (χ2n) is 4.12. The number of carbonyl (C=O) groups is 1. The van der Waals surface area contributed by atoms with Crippen LogP contribution in [0.2, 0.25) is 0 Å². The quantitative estimate of drug-likeness (QED) is 0.810. The lowest BCUT2D eigenvalue weighted by molar-refractivity contribution is -0.153. The molecular weight excluding hydrogens is 280 g/mol. The normalized spacial score (nSPS) is 17.6. The van der Waals surface area contributed by atoms with Gasteiger partial charge in [0.25, 0.3) is 6.29 Å². The molecule has 0 aliphatic carbocycles. The van der Waals surface area contributed by atoms with Gasteiger partial charge in [0.2, 0.25) is 5.75 Å². The molecule has 0 amide bonds. The molecule has 7 nitrogen and oxygen atoms in total. The third kappa shape index (κ3) is 2.47. The van der Waals surface area contributed by atoms with Gasteiger partial charge >= 0.3 is 5.97 Å². The van der Waals surface area contributed by atoms with Gasteiger partial charge < -0.3 is 28.8 Å². The minimum absolute atomic E-state index is 0.0364. The van der Waals surface area contributed by atoms with Gasteiger partial charge in [-0.05, 0) is 12.1 Å². The van der Waals surface area contributed by atoms with Crippen molar-refractivity contribution in [2.45, 2.75) is 6.29 Å². The van der Waals surface area contributed by atoms with Crippen LogP contribution in [0.1, 0.15) is 5.56 Å². The monoisotopic (exact) mass is 296 g/mol. The Kier molecular flexibility index (Phi) is 4.23. The summed E-state index contributed by atoms with van der Waals surface area (Å²) in [4.78, 5) is 11.9. The number of benzene rings is 1. The summed E-state index contributed by atoms with van der Waals surface area (Å²) in [6.45, 7) is 0. The molecule has 0 saturated heterocycles. The first kappa shape index (κ1) is 15.0. The number of ether oxygens (including phenoxy) is 5. The molecule has 0 radical (unpaired) electrons. The average molecular weight is 296 g/mol. The Labute approximate surface area is 121 Å². The molecule has 21 heavy (non-hydrogen) atoms. The van der Waals surface area contributed by atoms with Crippen molar-refractivity contribution >= 4 is 11.5 Å². The Morgan fingerprint density at radius 1 is 1.00 bits per heavy atom. The maximum atomic E-state index is 11.9. The topological polar surface area (TPSA) is 83.5 Å². The zero-order valence-corrected chi connectivity index (χ0v) is 12.1. The van der Waals surface area contributed by atoms with Crippen LogP contribution < -0.4 is 14.2 Å². The number of esters is 1. The van der Waals surface area contributed by atoms with Crippen molar-refractivity contribution in [2.24, 2.45) is 0 Å². The van der Waals surface area contributed by atoms with Crippen molar-refractivity contribution < 1.29 is 33.6 Å². The van der Waals surface area contributed by atoms with Gasteiger partial charge in [-0.15, -0.1) is 0 Å². The number of rotatable bonds is 5. The van der Waals surface area contributed by atoms with E-state index >= 15 is 0 Å². The van der Waals surface area contributed by atoms with Crippen LogP contribution in [-0.2, 0) is 14.3 Å². The van der Waals surface area contributed by atoms with Crippen molar-refractivity contribution in [1.29, 1.82) is 0 Å². The Morgan fingerprint density at radius 3 is 2.00 bits per heavy atom. The molecule has 1 aromatic carbocycles. The summed E-state index contributed by atoms with van der Waals surface area (Å²) in [6, 6.07) is 3.16. The molecule has 1 N–H and O–H groups in total. The van der Waals surface area contributed by atoms with Gasteiger partial charge in [0.15, 0.2) is 17.3 Å². The van der Waals surface area contributed by atoms with E-state index in [-0.39, 0.29) is 11.3 Å². The Morgan fingerprint density at radius 2 is 1.57 bits per heavy atom. The Balaban J connectivity index is 2.64. The predicted molar refractivity (Wildman–Crippen MR) is 72.1 cm³/mol. The third-order valence-electron chi connectivity index (χ3n) is 3.07. The van der Waals surface area contributed by atoms with Crippen LogP contribution in [-0.4, -0.2) is 45.8 Å². The zero-order valence-electron chi connectivity index (χ0n) is 12.1. The van der Waals surface area contributed by atoms with Gasteiger partial charge in [0, 0.05) is 5.56 Å². The highest BCUT2D eigenvalue weighted by Gasteiger charge is 2.36. The smallest absolute Gasteiger partial charge is 0.345 e. The summed E-state index contributed by atoms with van der Waals surface area (Å²) in [6.07, 6.45) is -1.42. The van der Waals surface area contributed by atoms with E-state index in [9.17, 15) is 9.90 Å². The maximum Gasteiger partial charge on any atom is 0.345 e. The number of hydrogen-bond donors (Lipinski definition) is 1. The molecule has 0 saturated carbocycles. The molecule has 2 rings (SSSR count). The summed E-state index contributed by atoms with van der Waals surface area (Å²) in [5, 5.41) is 9.63. The van der Waals surface area contributed by atoms with E-state index in [1.54, 1.807) is 12.1 Å². The SMILES string of the molecule is COC1=C(c2cc(OC)c(OC)c(OC)c2)C(=O)OC1O. The maximum absolute atomic E-state index is 11.9. The highest BCUT2D eigenvalue weighted by molar-refractivity contribution is 6.19. The van der Waals surface area contributed by atoms with E-state index in [0.717, 1.165) is 0 Å². The predicted octanol–water partition coefficient (Wildman–Crippen LogP) is 0.945. The van der Waals surface area contributed by atoms with E-state index in [2.05, 4.69) is 0 Å². The van der Waals surface area contributed by atoms with Gasteiger partial charge in [-0.3, -0.25) is 0 Å². The van der Waals surface area contributed by atoms with E-state index < -0.39 is 12.3 Å². The molecule has 1 aliphatic rings. The minimum atomic E-state index is -1.42. The van der Waals surface area contributed by atoms with Gasteiger partial charge in [-0.2, -0.15) is 0 Å². The van der Waals surface area contributed by atoms with Gasteiger partial charge in [0.1, 0.15) is 5.57 Å². The van der Waals surface area contributed by atoms with Crippen molar-refractivity contribution in [3.05, 3.63) is 23.5 Å². The Bertz CT molecular complexity index is 566. The van der Waals surface area contributed by atoms with Gasteiger partial charge in [-0.1, -0.05) is 0 Å². The second-order valence-corrected chi connectivity index (χ2v) is 4.12. The number of carbonyl (C=O) groups excluding carboxylic acids is 1. The summed E-state index contributed by atoms with van der Waals surface area (Å²) in [5.74, 6) is 0.506. The van der Waals surface area contributed by atoms with E-state index in [4.69, 9.17) is 23.7 Å². The highest BCUT2D eigenvalue weighted by Crippen LogP contribution is 2.42. The fraction of sp³-hybridized carbons (Fsp3) is 0.357. The molecule has 7 heteroatoms. The van der Waals surface area contributed by atoms with Crippen molar-refractivity contribution in [1.82, 2.24) is 0 Å². The summed E-state index contributed by atoms with van der Waals surface area (Å²) in [5.41, 5.74) is 0.548. The van der Waals surface area contributed by atoms with Gasteiger partial charge in [0.05, 0.1) is 28.4 Å². The average Bonchev–Trinajstić information content (AvgIpc) is 2.79. The lowest BCUT2D eigenvalue weighted by Crippen LogP contribution is -2.10. The molecule has 1 atom stereocenters. The first-order valence-electron chi connectivity index (χ1n) is 6.05. The first-order chi connectivity index (χ1) is 10.1. The zero-order chi connectivity index (χ0) is 15.6. The molecule has 1 aromatic rings. The van der Waals surface area contributed by atoms with Gasteiger partial charge in [-0.25, -0.2) is 4.79 Å². The van der Waals surface area contributed by atoms with Crippen molar-refractivity contribution in [2.75, 3.05) is 28.4 Å². The van der Waals surface area contributed by atoms with Crippen LogP contribution in [0.4, 0.5) is 0 Å². The van der Waals surface area contributed by atoms with E-state index in [1.807, 2.05) is 0 Å². The summed E-state index contributed by atoms with van der Waals surface area (Å²) < 4.78 is 25.4. The lowest BCUT2D eigenvalue weighted by atomic mass is 10.0. The summed E-state index contributed by atoms with van der Waals surface area (Å²) in [7, 11) is 5.76. The lowest BCUT2D eigenvalue weighted by Gasteiger charge is -2.14. The molecule has 0 spiro atoms. The molecule has 1 unspecified atom stereocenters. The molecule has 0 fully saturated rings. The minimum Gasteiger partial charge on any atom is -0.494 e. The standard InChI is InChI=1S/C14H16O7/c1-17-8-5-7(6-9(18-2)11(8)19-3)10-12(20-4)14(16)21-13(10)15/h5-6,14,16H,1-4H3. The highest BCUT2D eigenvalue weighted by atomic mass is 16.7. The second kappa shape index (κ2) is 5.92. The van der Waals surface area contributed by atoms with E-state index in [0.29, 0.717) is 22.8 Å². The van der Waals surface area contributed by atoms with E-state index in [1.165, 1.54) is 28.4 Å². The van der Waals surface area contributed by atoms with Crippen LogP contribution in [0.5, 0.6) is 17.2 Å². The first-order valence-corrected chi connectivity index (χ1v) is 6.05. The van der Waals surface area contributed by atoms with Crippen LogP contribution in [0.25, 0.3) is 5.57 Å². The molecule has 1 heterocycles. The molecule has 1 aliphatic heterocycles. The Hall–Kier alpha value is -2.41. The van der Waals surface area contributed by atoms with Crippen LogP contribution in [0.15, 0.2) is 17.9 Å². The number of cyclic esters (lactones) is 1. The number of hydrogen-bond acceptors (Lipinski definition) is 7. The van der Waals surface area contributed by atoms with Crippen LogP contribution in [0, 0.1) is 0 Å². The fourth-order valence-electron chi connectivity index (χ4n) is 2.13. The number of aliphatic hydroxyl groups is 1. The third-order valence-corrected chi connectivity index (χ3v) is 3.07. The number of aliphatic hydroxyl groups excluding tert-OH is 1.